The van der Waals surface area contributed by atoms with Crippen LogP contribution in [0, 0.1) is 0 Å². The van der Waals surface area contributed by atoms with Crippen molar-refractivity contribution in [3.63, 3.8) is 0 Å². The van der Waals surface area contributed by atoms with Crippen LogP contribution >= 0.6 is 0 Å². The fraction of sp³-hybridized carbons (Fsp3) is 0.158. The molecule has 3 aromatic rings. The molecule has 0 fully saturated rings. The highest BCUT2D eigenvalue weighted by Gasteiger charge is 2.32. The van der Waals surface area contributed by atoms with Crippen molar-refractivity contribution in [1.82, 2.24) is 9.78 Å². The zero-order valence-electron chi connectivity index (χ0n) is 15.4. The smallest absolute Gasteiger partial charge is 0.416 e. The standard InChI is InChI=1S/C19H15F3N2O5S/c1-29-16-6-3-12(18(25)26)10-17(16)30(27,28)11-13-9-14(19(20,21)22)4-5-15(13)24-8-2-7-23-24/h2-10H,11H2,1H3,(H,25,26). The molecule has 158 valence electrons. The van der Waals surface area contributed by atoms with Gasteiger partial charge in [0, 0.05) is 12.4 Å². The number of carboxylic acid groups (broad SMARTS) is 1. The Balaban J connectivity index is 2.15. The molecule has 0 saturated heterocycles. The van der Waals surface area contributed by atoms with Crippen LogP contribution in [0.5, 0.6) is 5.75 Å². The van der Waals surface area contributed by atoms with Gasteiger partial charge in [0.05, 0.1) is 29.7 Å². The Morgan fingerprint density at radius 3 is 2.50 bits per heavy atom. The summed E-state index contributed by atoms with van der Waals surface area (Å²) in [6.07, 6.45) is -1.82. The summed E-state index contributed by atoms with van der Waals surface area (Å²) in [5.74, 6) is -2.30. The van der Waals surface area contributed by atoms with Crippen molar-refractivity contribution in [1.29, 1.82) is 0 Å². The number of hydrogen-bond acceptors (Lipinski definition) is 5. The number of sulfone groups is 1. The molecule has 0 aliphatic carbocycles. The number of aromatic nitrogens is 2. The van der Waals surface area contributed by atoms with Gasteiger partial charge in [-0.2, -0.15) is 18.3 Å². The van der Waals surface area contributed by atoms with Crippen molar-refractivity contribution < 1.29 is 36.2 Å². The van der Waals surface area contributed by atoms with E-state index in [2.05, 4.69) is 5.10 Å². The van der Waals surface area contributed by atoms with E-state index in [-0.39, 0.29) is 22.6 Å². The predicted molar refractivity (Wildman–Crippen MR) is 99.4 cm³/mol. The number of methoxy groups -OCH3 is 1. The maximum absolute atomic E-state index is 13.2. The second-order valence-corrected chi connectivity index (χ2v) is 8.18. The summed E-state index contributed by atoms with van der Waals surface area (Å²) < 4.78 is 72.0. The molecule has 1 heterocycles. The fourth-order valence-electron chi connectivity index (χ4n) is 2.85. The minimum atomic E-state index is -4.68. The number of benzene rings is 2. The van der Waals surface area contributed by atoms with Crippen molar-refractivity contribution in [2.24, 2.45) is 0 Å². The molecular formula is C19H15F3N2O5S. The Kier molecular flexibility index (Phi) is 5.57. The van der Waals surface area contributed by atoms with E-state index in [1.165, 1.54) is 42.4 Å². The van der Waals surface area contributed by atoms with Crippen molar-refractivity contribution in [2.45, 2.75) is 16.8 Å². The number of halogens is 3. The number of hydrogen-bond donors (Lipinski definition) is 1. The largest absolute Gasteiger partial charge is 0.495 e. The van der Waals surface area contributed by atoms with E-state index in [1.54, 1.807) is 0 Å². The first-order valence-corrected chi connectivity index (χ1v) is 10.0. The summed E-state index contributed by atoms with van der Waals surface area (Å²) in [6.45, 7) is 0. The number of nitrogens with zero attached hydrogens (tertiary/aromatic N) is 2. The lowest BCUT2D eigenvalue weighted by Gasteiger charge is -2.15. The number of carboxylic acids is 1. The Bertz CT molecular complexity index is 1190. The van der Waals surface area contributed by atoms with Crippen molar-refractivity contribution >= 4 is 15.8 Å². The molecule has 1 N–H and O–H groups in total. The van der Waals surface area contributed by atoms with Crippen LogP contribution in [-0.2, 0) is 21.8 Å². The van der Waals surface area contributed by atoms with Crippen LogP contribution in [0.2, 0.25) is 0 Å². The quantitative estimate of drug-likeness (QED) is 0.629. The molecule has 0 spiro atoms. The molecule has 0 bridgehead atoms. The first-order valence-electron chi connectivity index (χ1n) is 8.37. The zero-order valence-corrected chi connectivity index (χ0v) is 16.2. The van der Waals surface area contributed by atoms with Crippen LogP contribution in [0.25, 0.3) is 5.69 Å². The van der Waals surface area contributed by atoms with E-state index >= 15 is 0 Å². The maximum atomic E-state index is 13.2. The number of rotatable bonds is 6. The van der Waals surface area contributed by atoms with Gasteiger partial charge in [0.25, 0.3) is 0 Å². The molecule has 0 radical (unpaired) electrons. The molecule has 0 saturated carbocycles. The molecular weight excluding hydrogens is 425 g/mol. The van der Waals surface area contributed by atoms with Crippen LogP contribution in [0.15, 0.2) is 59.8 Å². The Morgan fingerprint density at radius 2 is 1.93 bits per heavy atom. The van der Waals surface area contributed by atoms with E-state index in [0.717, 1.165) is 24.3 Å². The van der Waals surface area contributed by atoms with E-state index in [0.29, 0.717) is 0 Å². The van der Waals surface area contributed by atoms with Crippen LogP contribution in [0.4, 0.5) is 13.2 Å². The second-order valence-electron chi connectivity index (χ2n) is 6.22. The molecule has 0 aliphatic heterocycles. The van der Waals surface area contributed by atoms with Crippen LogP contribution < -0.4 is 4.74 Å². The first kappa shape index (κ1) is 21.4. The summed E-state index contributed by atoms with van der Waals surface area (Å²) in [6, 6.07) is 7.50. The SMILES string of the molecule is COc1ccc(C(=O)O)cc1S(=O)(=O)Cc1cc(C(F)(F)F)ccc1-n1cccn1. The Morgan fingerprint density at radius 1 is 1.20 bits per heavy atom. The lowest BCUT2D eigenvalue weighted by Crippen LogP contribution is -2.13. The average molecular weight is 440 g/mol. The lowest BCUT2D eigenvalue weighted by atomic mass is 10.1. The molecule has 0 amide bonds. The normalized spacial score (nSPS) is 12.0. The van der Waals surface area contributed by atoms with Gasteiger partial charge in [0.2, 0.25) is 0 Å². The van der Waals surface area contributed by atoms with Gasteiger partial charge in [-0.1, -0.05) is 0 Å². The number of ether oxygens (including phenoxy) is 1. The van der Waals surface area contributed by atoms with E-state index < -0.39 is 38.2 Å². The van der Waals surface area contributed by atoms with Crippen LogP contribution in [-0.4, -0.2) is 36.4 Å². The fourth-order valence-corrected chi connectivity index (χ4v) is 4.41. The van der Waals surface area contributed by atoms with Gasteiger partial charge in [0.1, 0.15) is 10.6 Å². The highest BCUT2D eigenvalue weighted by Crippen LogP contribution is 2.34. The van der Waals surface area contributed by atoms with Gasteiger partial charge < -0.3 is 9.84 Å². The lowest BCUT2D eigenvalue weighted by molar-refractivity contribution is -0.137. The van der Waals surface area contributed by atoms with Crippen LogP contribution in [0.3, 0.4) is 0 Å². The topological polar surface area (TPSA) is 98.5 Å². The van der Waals surface area contributed by atoms with Crippen molar-refractivity contribution in [3.05, 3.63) is 71.5 Å². The molecule has 0 unspecified atom stereocenters. The molecule has 30 heavy (non-hydrogen) atoms. The maximum Gasteiger partial charge on any atom is 0.416 e. The third-order valence-corrected chi connectivity index (χ3v) is 5.93. The van der Waals surface area contributed by atoms with Crippen molar-refractivity contribution in [2.75, 3.05) is 7.11 Å². The predicted octanol–water partition coefficient (Wildman–Crippen LogP) is 3.57. The molecule has 1 aromatic heterocycles. The zero-order chi connectivity index (χ0) is 22.1. The molecule has 3 rings (SSSR count). The Labute approximate surface area is 169 Å². The number of aromatic carboxylic acids is 1. The van der Waals surface area contributed by atoms with E-state index in [9.17, 15) is 26.4 Å². The monoisotopic (exact) mass is 440 g/mol. The molecule has 2 aromatic carbocycles. The summed E-state index contributed by atoms with van der Waals surface area (Å²) in [7, 11) is -3.08. The summed E-state index contributed by atoms with van der Waals surface area (Å²) >= 11 is 0. The van der Waals surface area contributed by atoms with Gasteiger partial charge >= 0.3 is 12.1 Å². The highest BCUT2D eigenvalue weighted by molar-refractivity contribution is 7.90. The summed E-state index contributed by atoms with van der Waals surface area (Å²) in [5.41, 5.74) is -1.33. The minimum absolute atomic E-state index is 0.118. The first-order chi connectivity index (χ1) is 14.0. The average Bonchev–Trinajstić information content (AvgIpc) is 3.20. The molecule has 7 nitrogen and oxygen atoms in total. The second kappa shape index (κ2) is 7.82. The summed E-state index contributed by atoms with van der Waals surface area (Å²) in [4.78, 5) is 10.8. The third-order valence-electron chi connectivity index (χ3n) is 4.25. The van der Waals surface area contributed by atoms with Gasteiger partial charge in [-0.05, 0) is 48.0 Å². The van der Waals surface area contributed by atoms with E-state index in [1.807, 2.05) is 0 Å². The molecule has 0 atom stereocenters. The van der Waals surface area contributed by atoms with Crippen molar-refractivity contribution in [3.8, 4) is 11.4 Å². The minimum Gasteiger partial charge on any atom is -0.495 e. The third kappa shape index (κ3) is 4.30. The van der Waals surface area contributed by atoms with Crippen LogP contribution in [0.1, 0.15) is 21.5 Å². The van der Waals surface area contributed by atoms with E-state index in [4.69, 9.17) is 9.84 Å². The van der Waals surface area contributed by atoms with Gasteiger partial charge in [-0.15, -0.1) is 0 Å². The van der Waals surface area contributed by atoms with Gasteiger partial charge in [0.15, 0.2) is 9.84 Å². The number of alkyl halides is 3. The van der Waals surface area contributed by atoms with Gasteiger partial charge in [-0.25, -0.2) is 17.9 Å². The number of carbonyl (C=O) groups is 1. The Hall–Kier alpha value is -3.34. The molecule has 0 aliphatic rings. The summed E-state index contributed by atoms with van der Waals surface area (Å²) in [5, 5.41) is 13.1. The molecule has 11 heteroatoms. The highest BCUT2D eigenvalue weighted by atomic mass is 32.2. The van der Waals surface area contributed by atoms with Gasteiger partial charge in [-0.3, -0.25) is 0 Å².